The largest absolute Gasteiger partial charge is 0.494 e. The quantitative estimate of drug-likeness (QED) is 0.137. The Morgan fingerprint density at radius 2 is 1.62 bits per heavy atom. The Morgan fingerprint density at radius 1 is 0.892 bits per heavy atom. The van der Waals surface area contributed by atoms with Crippen molar-refractivity contribution in [2.24, 2.45) is 5.10 Å². The first-order valence-corrected chi connectivity index (χ1v) is 11.8. The molecule has 0 saturated carbocycles. The second-order valence-electron chi connectivity index (χ2n) is 7.60. The van der Waals surface area contributed by atoms with Crippen molar-refractivity contribution in [3.63, 3.8) is 0 Å². The van der Waals surface area contributed by atoms with Crippen molar-refractivity contribution in [2.45, 2.75) is 20.8 Å². The third kappa shape index (κ3) is 7.81. The lowest BCUT2D eigenvalue weighted by molar-refractivity contribution is -0.136. The van der Waals surface area contributed by atoms with Crippen LogP contribution in [0.5, 0.6) is 17.2 Å². The molecular formula is C27H26ClN3O6. The van der Waals surface area contributed by atoms with Gasteiger partial charge in [0.1, 0.15) is 5.75 Å². The van der Waals surface area contributed by atoms with Crippen molar-refractivity contribution in [3.05, 3.63) is 82.4 Å². The molecule has 2 amide bonds. The number of hydrazone groups is 1. The van der Waals surface area contributed by atoms with Crippen molar-refractivity contribution < 1.29 is 28.6 Å². The molecule has 3 rings (SSSR count). The molecule has 9 nitrogen and oxygen atoms in total. The van der Waals surface area contributed by atoms with Crippen LogP contribution in [0.25, 0.3) is 0 Å². The number of carbonyl (C=O) groups excluding carboxylic acids is 3. The number of nitrogens with one attached hydrogen (secondary N) is 2. The molecule has 3 aromatic carbocycles. The molecule has 0 atom stereocenters. The molecule has 37 heavy (non-hydrogen) atoms. The van der Waals surface area contributed by atoms with E-state index < -0.39 is 17.8 Å². The minimum Gasteiger partial charge on any atom is -0.494 e. The summed E-state index contributed by atoms with van der Waals surface area (Å²) in [5.41, 5.74) is 4.28. The molecule has 0 fully saturated rings. The van der Waals surface area contributed by atoms with E-state index in [2.05, 4.69) is 15.8 Å². The van der Waals surface area contributed by atoms with E-state index >= 15 is 0 Å². The van der Waals surface area contributed by atoms with Gasteiger partial charge in [-0.15, -0.1) is 0 Å². The average Bonchev–Trinajstić information content (AvgIpc) is 2.88. The number of hydrogen-bond donors (Lipinski definition) is 2. The van der Waals surface area contributed by atoms with E-state index in [4.69, 9.17) is 25.8 Å². The number of rotatable bonds is 9. The molecule has 0 unspecified atom stereocenters. The van der Waals surface area contributed by atoms with E-state index in [1.807, 2.05) is 13.8 Å². The third-order valence-electron chi connectivity index (χ3n) is 4.89. The van der Waals surface area contributed by atoms with Crippen LogP contribution in [0, 0.1) is 6.92 Å². The van der Waals surface area contributed by atoms with Gasteiger partial charge in [0.15, 0.2) is 11.5 Å². The molecule has 0 aliphatic heterocycles. The molecule has 0 bridgehead atoms. The van der Waals surface area contributed by atoms with Crippen LogP contribution in [-0.2, 0) is 9.59 Å². The fraction of sp³-hybridized carbons (Fsp3) is 0.185. The highest BCUT2D eigenvalue weighted by atomic mass is 35.5. The first-order chi connectivity index (χ1) is 17.8. The van der Waals surface area contributed by atoms with Crippen molar-refractivity contribution in [1.29, 1.82) is 0 Å². The maximum Gasteiger partial charge on any atom is 0.343 e. The summed E-state index contributed by atoms with van der Waals surface area (Å²) < 4.78 is 16.5. The SMILES string of the molecule is CCOc1ccc(C(=O)Oc2ccc(/C=N/NC(=O)C(=O)Nc3ccc(C)c(Cl)c3)cc2OCC)cc1. The zero-order valence-electron chi connectivity index (χ0n) is 20.5. The lowest BCUT2D eigenvalue weighted by atomic mass is 10.2. The monoisotopic (exact) mass is 523 g/mol. The van der Waals surface area contributed by atoms with E-state index in [0.29, 0.717) is 46.5 Å². The van der Waals surface area contributed by atoms with Gasteiger partial charge in [-0.1, -0.05) is 17.7 Å². The first-order valence-electron chi connectivity index (χ1n) is 11.4. The lowest BCUT2D eigenvalue weighted by Crippen LogP contribution is -2.32. The van der Waals surface area contributed by atoms with E-state index in [1.165, 1.54) is 6.21 Å². The van der Waals surface area contributed by atoms with Gasteiger partial charge >= 0.3 is 17.8 Å². The van der Waals surface area contributed by atoms with E-state index in [1.54, 1.807) is 67.6 Å². The van der Waals surface area contributed by atoms with Crippen molar-refractivity contribution >= 4 is 41.3 Å². The predicted molar refractivity (Wildman–Crippen MR) is 141 cm³/mol. The van der Waals surface area contributed by atoms with Gasteiger partial charge in [-0.2, -0.15) is 5.10 Å². The van der Waals surface area contributed by atoms with Gasteiger partial charge in [-0.05, 0) is 86.5 Å². The predicted octanol–water partition coefficient (Wildman–Crippen LogP) is 4.75. The third-order valence-corrected chi connectivity index (χ3v) is 5.29. The fourth-order valence-electron chi connectivity index (χ4n) is 3.04. The van der Waals surface area contributed by atoms with E-state index in [0.717, 1.165) is 5.56 Å². The standard InChI is InChI=1S/C27H26ClN3O6/c1-4-35-21-11-8-19(9-12-21)27(34)37-23-13-7-18(14-24(23)36-5-2)16-29-31-26(33)25(32)30-20-10-6-17(3)22(28)15-20/h6-16H,4-5H2,1-3H3,(H,30,32)(H,31,33)/b29-16+. The number of carbonyl (C=O) groups is 3. The van der Waals surface area contributed by atoms with Crippen LogP contribution in [0.4, 0.5) is 5.69 Å². The second-order valence-corrected chi connectivity index (χ2v) is 8.01. The molecule has 0 radical (unpaired) electrons. The number of hydrogen-bond acceptors (Lipinski definition) is 7. The maximum absolute atomic E-state index is 12.6. The minimum absolute atomic E-state index is 0.220. The first kappa shape index (κ1) is 27.2. The number of ether oxygens (including phenoxy) is 3. The molecule has 0 heterocycles. The zero-order chi connectivity index (χ0) is 26.8. The molecule has 2 N–H and O–H groups in total. The topological polar surface area (TPSA) is 115 Å². The molecule has 0 aromatic heterocycles. The molecule has 0 aliphatic carbocycles. The maximum atomic E-state index is 12.6. The van der Waals surface area contributed by atoms with Crippen molar-refractivity contribution in [2.75, 3.05) is 18.5 Å². The summed E-state index contributed by atoms with van der Waals surface area (Å²) in [6.45, 7) is 6.34. The molecule has 10 heteroatoms. The number of aryl methyl sites for hydroxylation is 1. The average molecular weight is 524 g/mol. The molecular weight excluding hydrogens is 498 g/mol. The van der Waals surface area contributed by atoms with Gasteiger partial charge in [-0.3, -0.25) is 9.59 Å². The fourth-order valence-corrected chi connectivity index (χ4v) is 3.23. The molecule has 0 aliphatic rings. The van der Waals surface area contributed by atoms with Crippen LogP contribution >= 0.6 is 11.6 Å². The summed E-state index contributed by atoms with van der Waals surface area (Å²) >= 11 is 6.03. The van der Waals surface area contributed by atoms with Crippen molar-refractivity contribution in [1.82, 2.24) is 5.43 Å². The van der Waals surface area contributed by atoms with E-state index in [9.17, 15) is 14.4 Å². The number of benzene rings is 3. The number of halogens is 1. The summed E-state index contributed by atoms with van der Waals surface area (Å²) in [4.78, 5) is 36.7. The van der Waals surface area contributed by atoms with Crippen LogP contribution in [0.1, 0.15) is 35.3 Å². The number of anilines is 1. The number of nitrogens with zero attached hydrogens (tertiary/aromatic N) is 1. The van der Waals surface area contributed by atoms with Gasteiger partial charge in [0.2, 0.25) is 0 Å². The lowest BCUT2D eigenvalue weighted by Gasteiger charge is -2.11. The van der Waals surface area contributed by atoms with Gasteiger partial charge in [-0.25, -0.2) is 10.2 Å². The Kier molecular flexibility index (Phi) is 9.62. The van der Waals surface area contributed by atoms with Crippen LogP contribution < -0.4 is 25.0 Å². The van der Waals surface area contributed by atoms with Gasteiger partial charge in [0.05, 0.1) is 25.0 Å². The highest BCUT2D eigenvalue weighted by Crippen LogP contribution is 2.29. The smallest absolute Gasteiger partial charge is 0.343 e. The number of esters is 1. The Hall–Kier alpha value is -4.37. The van der Waals surface area contributed by atoms with Crippen molar-refractivity contribution in [3.8, 4) is 17.2 Å². The summed E-state index contributed by atoms with van der Waals surface area (Å²) in [6.07, 6.45) is 1.33. The highest BCUT2D eigenvalue weighted by molar-refractivity contribution is 6.39. The Bertz CT molecular complexity index is 1310. The van der Waals surface area contributed by atoms with Gasteiger partial charge in [0, 0.05) is 10.7 Å². The van der Waals surface area contributed by atoms with E-state index in [-0.39, 0.29) is 5.75 Å². The molecule has 0 saturated heterocycles. The summed E-state index contributed by atoms with van der Waals surface area (Å²) in [6, 6.07) is 16.3. The summed E-state index contributed by atoms with van der Waals surface area (Å²) in [7, 11) is 0. The molecule has 0 spiro atoms. The molecule has 3 aromatic rings. The van der Waals surface area contributed by atoms with Gasteiger partial charge in [0.25, 0.3) is 0 Å². The molecule has 192 valence electrons. The van der Waals surface area contributed by atoms with Crippen LogP contribution in [0.3, 0.4) is 0 Å². The normalized spacial score (nSPS) is 10.6. The Morgan fingerprint density at radius 3 is 2.30 bits per heavy atom. The Labute approximate surface area is 219 Å². The minimum atomic E-state index is -0.959. The number of amides is 2. The highest BCUT2D eigenvalue weighted by Gasteiger charge is 2.15. The zero-order valence-corrected chi connectivity index (χ0v) is 21.3. The van der Waals surface area contributed by atoms with Gasteiger partial charge < -0.3 is 19.5 Å². The second kappa shape index (κ2) is 13.1. The summed E-state index contributed by atoms with van der Waals surface area (Å²) in [5, 5.41) is 6.73. The van der Waals surface area contributed by atoms with Crippen LogP contribution in [0.2, 0.25) is 5.02 Å². The summed E-state index contributed by atoms with van der Waals surface area (Å²) in [5.74, 6) is -1.23. The van der Waals surface area contributed by atoms with Crippen LogP contribution in [0.15, 0.2) is 65.8 Å². The Balaban J connectivity index is 1.62. The van der Waals surface area contributed by atoms with Crippen LogP contribution in [-0.4, -0.2) is 37.2 Å².